The molecule has 1 unspecified atom stereocenters. The number of esters is 1. The van der Waals surface area contributed by atoms with E-state index in [0.717, 1.165) is 12.0 Å². The molecule has 0 aromatic carbocycles. The normalized spacial score (nSPS) is 23.0. The summed E-state index contributed by atoms with van der Waals surface area (Å²) >= 11 is 3.24. The van der Waals surface area contributed by atoms with Crippen molar-refractivity contribution in [2.75, 3.05) is 5.33 Å². The molecule has 0 saturated carbocycles. The number of cyclic esters (lactones) is 1. The molecule has 1 rings (SSSR count). The fraction of sp³-hybridized carbons (Fsp3) is 0.500. The van der Waals surface area contributed by atoms with E-state index in [4.69, 9.17) is 4.74 Å². The maximum Gasteiger partial charge on any atom is 0.335 e. The molecular formula is C10H13BrO2. The van der Waals surface area contributed by atoms with Gasteiger partial charge in [0.25, 0.3) is 0 Å². The van der Waals surface area contributed by atoms with Gasteiger partial charge in [0.2, 0.25) is 0 Å². The molecule has 0 aliphatic carbocycles. The van der Waals surface area contributed by atoms with E-state index in [1.54, 1.807) is 0 Å². The van der Waals surface area contributed by atoms with Crippen molar-refractivity contribution in [1.29, 1.82) is 0 Å². The van der Waals surface area contributed by atoms with Crippen molar-refractivity contribution < 1.29 is 9.53 Å². The molecule has 1 atom stereocenters. The molecule has 0 saturated heterocycles. The van der Waals surface area contributed by atoms with E-state index >= 15 is 0 Å². The second kappa shape index (κ2) is 4.61. The van der Waals surface area contributed by atoms with Crippen molar-refractivity contribution in [3.05, 3.63) is 23.3 Å². The van der Waals surface area contributed by atoms with Crippen LogP contribution < -0.4 is 0 Å². The zero-order valence-electron chi connectivity index (χ0n) is 7.84. The Kier molecular flexibility index (Phi) is 3.72. The molecule has 1 aliphatic rings. The Hall–Kier alpha value is -0.570. The van der Waals surface area contributed by atoms with Gasteiger partial charge in [-0.05, 0) is 19.9 Å². The Balaban J connectivity index is 2.58. The van der Waals surface area contributed by atoms with Crippen LogP contribution in [0, 0.1) is 0 Å². The predicted octanol–water partition coefficient (Wildman–Crippen LogP) is 2.59. The highest BCUT2D eigenvalue weighted by molar-refractivity contribution is 9.09. The average molecular weight is 245 g/mol. The first-order chi connectivity index (χ1) is 6.17. The van der Waals surface area contributed by atoms with Gasteiger partial charge in [0.05, 0.1) is 0 Å². The first kappa shape index (κ1) is 10.5. The van der Waals surface area contributed by atoms with Gasteiger partial charge in [-0.25, -0.2) is 4.79 Å². The Morgan fingerprint density at radius 3 is 2.92 bits per heavy atom. The third kappa shape index (κ3) is 2.69. The lowest BCUT2D eigenvalue weighted by Gasteiger charge is -2.07. The van der Waals surface area contributed by atoms with E-state index in [-0.39, 0.29) is 12.1 Å². The zero-order chi connectivity index (χ0) is 9.84. The zero-order valence-corrected chi connectivity index (χ0v) is 9.43. The first-order valence-electron chi connectivity index (χ1n) is 4.26. The molecule has 0 amide bonds. The SMILES string of the molecule is C/C=C(/C)CC1C=C(CBr)C(=O)O1. The van der Waals surface area contributed by atoms with Gasteiger partial charge in [0.1, 0.15) is 6.10 Å². The van der Waals surface area contributed by atoms with Crippen LogP contribution >= 0.6 is 15.9 Å². The van der Waals surface area contributed by atoms with Crippen LogP contribution in [0.25, 0.3) is 0 Å². The van der Waals surface area contributed by atoms with Crippen LogP contribution in [0.15, 0.2) is 23.3 Å². The first-order valence-corrected chi connectivity index (χ1v) is 5.39. The minimum absolute atomic E-state index is 0.0590. The molecule has 3 heteroatoms. The van der Waals surface area contributed by atoms with Crippen molar-refractivity contribution in [2.45, 2.75) is 26.4 Å². The van der Waals surface area contributed by atoms with E-state index in [1.165, 1.54) is 5.57 Å². The van der Waals surface area contributed by atoms with Crippen LogP contribution in [0.1, 0.15) is 20.3 Å². The van der Waals surface area contributed by atoms with Gasteiger partial charge in [-0.3, -0.25) is 0 Å². The fourth-order valence-corrected chi connectivity index (χ4v) is 1.59. The second-order valence-corrected chi connectivity index (χ2v) is 3.67. The Morgan fingerprint density at radius 1 is 1.77 bits per heavy atom. The lowest BCUT2D eigenvalue weighted by atomic mass is 10.1. The summed E-state index contributed by atoms with van der Waals surface area (Å²) in [4.78, 5) is 11.1. The summed E-state index contributed by atoms with van der Waals surface area (Å²) < 4.78 is 5.13. The average Bonchev–Trinajstić information content (AvgIpc) is 2.46. The number of allylic oxidation sites excluding steroid dienone is 1. The van der Waals surface area contributed by atoms with E-state index in [2.05, 4.69) is 15.9 Å². The van der Waals surface area contributed by atoms with Crippen LogP contribution in [0.2, 0.25) is 0 Å². The van der Waals surface area contributed by atoms with E-state index in [9.17, 15) is 4.79 Å². The van der Waals surface area contributed by atoms with Crippen molar-refractivity contribution in [3.63, 3.8) is 0 Å². The standard InChI is InChI=1S/C10H13BrO2/c1-3-7(2)4-9-5-8(6-11)10(12)13-9/h3,5,9H,4,6H2,1-2H3/b7-3-. The number of alkyl halides is 1. The van der Waals surface area contributed by atoms with Crippen molar-refractivity contribution in [2.24, 2.45) is 0 Å². The van der Waals surface area contributed by atoms with Crippen LogP contribution in [0.3, 0.4) is 0 Å². The molecule has 0 N–H and O–H groups in total. The summed E-state index contributed by atoms with van der Waals surface area (Å²) in [5, 5.41) is 0.581. The van der Waals surface area contributed by atoms with Gasteiger partial charge in [-0.1, -0.05) is 27.6 Å². The third-order valence-electron chi connectivity index (χ3n) is 2.07. The monoisotopic (exact) mass is 244 g/mol. The minimum atomic E-state index is -0.189. The molecule has 1 heterocycles. The van der Waals surface area contributed by atoms with Crippen molar-refractivity contribution in [3.8, 4) is 0 Å². The number of carbonyl (C=O) groups is 1. The summed E-state index contributed by atoms with van der Waals surface area (Å²) in [5.41, 5.74) is 1.97. The largest absolute Gasteiger partial charge is 0.454 e. The molecule has 0 radical (unpaired) electrons. The Labute approximate surface area is 86.8 Å². The second-order valence-electron chi connectivity index (χ2n) is 3.11. The molecule has 13 heavy (non-hydrogen) atoms. The number of ether oxygens (including phenoxy) is 1. The molecule has 0 bridgehead atoms. The number of hydrogen-bond acceptors (Lipinski definition) is 2. The summed E-state index contributed by atoms with van der Waals surface area (Å²) in [6, 6.07) is 0. The third-order valence-corrected chi connectivity index (χ3v) is 2.67. The molecule has 0 fully saturated rings. The van der Waals surface area contributed by atoms with Gasteiger partial charge >= 0.3 is 5.97 Å². The van der Waals surface area contributed by atoms with Gasteiger partial charge in [0.15, 0.2) is 0 Å². The fourth-order valence-electron chi connectivity index (χ4n) is 1.17. The summed E-state index contributed by atoms with van der Waals surface area (Å²) in [5.74, 6) is -0.189. The van der Waals surface area contributed by atoms with Gasteiger partial charge < -0.3 is 4.74 Å². The maximum absolute atomic E-state index is 11.1. The number of halogens is 1. The molecule has 2 nitrogen and oxygen atoms in total. The molecule has 72 valence electrons. The van der Waals surface area contributed by atoms with Crippen LogP contribution in [0.5, 0.6) is 0 Å². The predicted molar refractivity (Wildman–Crippen MR) is 55.8 cm³/mol. The molecule has 0 aromatic rings. The number of hydrogen-bond donors (Lipinski definition) is 0. The van der Waals surface area contributed by atoms with Gasteiger partial charge in [0, 0.05) is 17.3 Å². The van der Waals surface area contributed by atoms with Crippen molar-refractivity contribution >= 4 is 21.9 Å². The number of carbonyl (C=O) groups excluding carboxylic acids is 1. The Morgan fingerprint density at radius 2 is 2.46 bits per heavy atom. The van der Waals surface area contributed by atoms with Gasteiger partial charge in [-0.15, -0.1) is 0 Å². The van der Waals surface area contributed by atoms with Gasteiger partial charge in [-0.2, -0.15) is 0 Å². The summed E-state index contributed by atoms with van der Waals surface area (Å²) in [6.45, 7) is 4.02. The quantitative estimate of drug-likeness (QED) is 0.434. The lowest BCUT2D eigenvalue weighted by molar-refractivity contribution is -0.139. The van der Waals surface area contributed by atoms with E-state index in [1.807, 2.05) is 26.0 Å². The smallest absolute Gasteiger partial charge is 0.335 e. The van der Waals surface area contributed by atoms with E-state index < -0.39 is 0 Å². The van der Waals surface area contributed by atoms with Crippen LogP contribution in [-0.2, 0) is 9.53 Å². The highest BCUT2D eigenvalue weighted by Gasteiger charge is 2.24. The lowest BCUT2D eigenvalue weighted by Crippen LogP contribution is -2.08. The topological polar surface area (TPSA) is 26.3 Å². The summed E-state index contributed by atoms with van der Waals surface area (Å²) in [7, 11) is 0. The molecule has 0 spiro atoms. The Bertz CT molecular complexity index is 266. The molecular weight excluding hydrogens is 232 g/mol. The summed E-state index contributed by atoms with van der Waals surface area (Å²) in [6.07, 6.45) is 4.67. The van der Waals surface area contributed by atoms with Crippen LogP contribution in [-0.4, -0.2) is 17.4 Å². The van der Waals surface area contributed by atoms with Crippen molar-refractivity contribution in [1.82, 2.24) is 0 Å². The van der Waals surface area contributed by atoms with Crippen LogP contribution in [0.4, 0.5) is 0 Å². The maximum atomic E-state index is 11.1. The molecule has 1 aliphatic heterocycles. The van der Waals surface area contributed by atoms with E-state index in [0.29, 0.717) is 5.33 Å². The highest BCUT2D eigenvalue weighted by Crippen LogP contribution is 2.20. The minimum Gasteiger partial charge on any atom is -0.454 e. The highest BCUT2D eigenvalue weighted by atomic mass is 79.9. The molecule has 0 aromatic heterocycles. The number of rotatable bonds is 3.